The number of benzene rings is 1. The largest absolute Gasteiger partial charge is 0.726 e. The third kappa shape index (κ3) is 4.14. The van der Waals surface area contributed by atoms with E-state index < -0.39 is 10.4 Å². The molecule has 1 aromatic carbocycles. The molecule has 0 N–H and O–H groups in total. The standard InChI is InChI=1S/C19H30N.CH4O4S/c1-18(2)16-11-12-19(18,3)17(13-16)20(4,5)14-15-9-7-6-8-10-15;1-5-6(2,3)4/h6-10,16-17H,11-14H2,1-5H3;1H3,(H,2,3,4)/q+1;/p-1. The van der Waals surface area contributed by atoms with E-state index >= 15 is 0 Å². The van der Waals surface area contributed by atoms with E-state index in [4.69, 9.17) is 0 Å². The Hall–Kier alpha value is -0.950. The fourth-order valence-corrected chi connectivity index (χ4v) is 5.38. The summed E-state index contributed by atoms with van der Waals surface area (Å²) in [4.78, 5) is 0. The number of hydrogen-bond acceptors (Lipinski definition) is 4. The van der Waals surface area contributed by atoms with Crippen LogP contribution >= 0.6 is 0 Å². The van der Waals surface area contributed by atoms with Crippen molar-refractivity contribution in [3.05, 3.63) is 35.9 Å². The second kappa shape index (κ2) is 7.23. The quantitative estimate of drug-likeness (QED) is 0.453. The first kappa shape index (κ1) is 21.4. The van der Waals surface area contributed by atoms with Gasteiger partial charge in [0.1, 0.15) is 6.54 Å². The van der Waals surface area contributed by atoms with Crippen LogP contribution in [0.3, 0.4) is 0 Å². The second-order valence-electron chi connectivity index (χ2n) is 9.12. The number of fused-ring (bicyclic) bond motifs is 2. The topological polar surface area (TPSA) is 66.4 Å². The normalized spacial score (nSPS) is 30.0. The molecule has 26 heavy (non-hydrogen) atoms. The van der Waals surface area contributed by atoms with Crippen molar-refractivity contribution in [1.82, 2.24) is 0 Å². The fraction of sp³-hybridized carbons (Fsp3) is 0.700. The zero-order valence-electron chi connectivity index (χ0n) is 16.9. The monoisotopic (exact) mass is 383 g/mol. The minimum atomic E-state index is -4.41. The van der Waals surface area contributed by atoms with Gasteiger partial charge in [-0.1, -0.05) is 51.1 Å². The molecule has 0 aromatic heterocycles. The van der Waals surface area contributed by atoms with E-state index in [-0.39, 0.29) is 0 Å². The molecule has 3 rings (SSSR count). The summed E-state index contributed by atoms with van der Waals surface area (Å²) in [5.41, 5.74) is 2.50. The van der Waals surface area contributed by atoms with Crippen LogP contribution in [0.2, 0.25) is 0 Å². The van der Waals surface area contributed by atoms with Crippen LogP contribution in [0.5, 0.6) is 0 Å². The Morgan fingerprint density at radius 2 is 1.73 bits per heavy atom. The van der Waals surface area contributed by atoms with Gasteiger partial charge in [0, 0.05) is 17.4 Å². The predicted molar refractivity (Wildman–Crippen MR) is 102 cm³/mol. The minimum Gasteiger partial charge on any atom is -0.726 e. The second-order valence-corrected chi connectivity index (χ2v) is 10.3. The molecule has 5 nitrogen and oxygen atoms in total. The molecule has 2 aliphatic carbocycles. The van der Waals surface area contributed by atoms with Crippen molar-refractivity contribution in [3.63, 3.8) is 0 Å². The summed E-state index contributed by atoms with van der Waals surface area (Å²) in [5, 5.41) is 0. The molecule has 0 radical (unpaired) electrons. The molecule has 148 valence electrons. The van der Waals surface area contributed by atoms with Crippen molar-refractivity contribution in [3.8, 4) is 0 Å². The molecule has 0 amide bonds. The van der Waals surface area contributed by atoms with Crippen molar-refractivity contribution in [1.29, 1.82) is 0 Å². The van der Waals surface area contributed by atoms with Gasteiger partial charge in [-0.25, -0.2) is 8.42 Å². The summed E-state index contributed by atoms with van der Waals surface area (Å²) in [6, 6.07) is 11.8. The molecular weight excluding hydrogens is 350 g/mol. The zero-order chi connectivity index (χ0) is 19.8. The Morgan fingerprint density at radius 1 is 1.19 bits per heavy atom. The first-order valence-electron chi connectivity index (χ1n) is 9.21. The van der Waals surface area contributed by atoms with E-state index in [1.807, 2.05) is 0 Å². The maximum absolute atomic E-state index is 9.22. The molecule has 0 aliphatic heterocycles. The molecule has 3 atom stereocenters. The lowest BCUT2D eigenvalue weighted by Crippen LogP contribution is -2.55. The van der Waals surface area contributed by atoms with Gasteiger partial charge in [0.05, 0.1) is 27.2 Å². The molecule has 6 heteroatoms. The first-order valence-corrected chi connectivity index (χ1v) is 10.5. The van der Waals surface area contributed by atoms with Gasteiger partial charge in [0.15, 0.2) is 0 Å². The Kier molecular flexibility index (Phi) is 5.93. The highest BCUT2D eigenvalue weighted by Crippen LogP contribution is 2.67. The summed E-state index contributed by atoms with van der Waals surface area (Å²) in [6.45, 7) is 8.76. The summed E-state index contributed by atoms with van der Waals surface area (Å²) in [7, 11) is 1.28. The highest BCUT2D eigenvalue weighted by molar-refractivity contribution is 7.80. The third-order valence-electron chi connectivity index (χ3n) is 7.23. The smallest absolute Gasteiger partial charge is 0.217 e. The lowest BCUT2D eigenvalue weighted by Gasteiger charge is -2.47. The highest BCUT2D eigenvalue weighted by atomic mass is 32.3. The van der Waals surface area contributed by atoms with Gasteiger partial charge < -0.3 is 9.04 Å². The summed E-state index contributed by atoms with van der Waals surface area (Å²) in [6.07, 6.45) is 4.29. The van der Waals surface area contributed by atoms with Crippen LogP contribution < -0.4 is 0 Å². The average molecular weight is 384 g/mol. The average Bonchev–Trinajstić information content (AvgIpc) is 2.88. The summed E-state index contributed by atoms with van der Waals surface area (Å²) in [5.74, 6) is 0.936. The number of hydrogen-bond donors (Lipinski definition) is 0. The van der Waals surface area contributed by atoms with E-state index in [1.165, 1.54) is 24.8 Å². The van der Waals surface area contributed by atoms with Crippen molar-refractivity contribution < 1.29 is 21.6 Å². The molecule has 2 fully saturated rings. The molecule has 0 heterocycles. The first-order chi connectivity index (χ1) is 11.8. The zero-order valence-corrected chi connectivity index (χ0v) is 17.7. The van der Waals surface area contributed by atoms with Crippen LogP contribution in [0.25, 0.3) is 0 Å². The van der Waals surface area contributed by atoms with Crippen LogP contribution in [0.4, 0.5) is 0 Å². The molecule has 2 aliphatic rings. The van der Waals surface area contributed by atoms with Crippen molar-refractivity contribution in [2.45, 2.75) is 52.6 Å². The van der Waals surface area contributed by atoms with Crippen molar-refractivity contribution in [2.24, 2.45) is 16.7 Å². The van der Waals surface area contributed by atoms with Gasteiger partial charge in [-0.15, -0.1) is 0 Å². The molecular formula is C20H33NO4S. The Balaban J connectivity index is 0.000000352. The van der Waals surface area contributed by atoms with E-state index in [0.717, 1.165) is 30.1 Å². The van der Waals surface area contributed by atoms with Crippen LogP contribution in [-0.2, 0) is 21.1 Å². The van der Waals surface area contributed by atoms with Crippen LogP contribution in [0, 0.1) is 16.7 Å². The number of rotatable bonds is 4. The Bertz CT molecular complexity index is 715. The minimum absolute atomic E-state index is 0.510. The van der Waals surface area contributed by atoms with Gasteiger partial charge in [-0.3, -0.25) is 4.18 Å². The van der Waals surface area contributed by atoms with E-state index in [0.29, 0.717) is 10.8 Å². The van der Waals surface area contributed by atoms with Gasteiger partial charge in [0.25, 0.3) is 0 Å². The van der Waals surface area contributed by atoms with Crippen molar-refractivity contribution in [2.75, 3.05) is 21.2 Å². The molecule has 0 saturated heterocycles. The van der Waals surface area contributed by atoms with Crippen LogP contribution in [-0.4, -0.2) is 44.7 Å². The predicted octanol–water partition coefficient (Wildman–Crippen LogP) is 3.57. The van der Waals surface area contributed by atoms with Gasteiger partial charge >= 0.3 is 0 Å². The van der Waals surface area contributed by atoms with Gasteiger partial charge in [0.2, 0.25) is 10.4 Å². The Labute approximate surface area is 158 Å². The van der Waals surface area contributed by atoms with Gasteiger partial charge in [-0.2, -0.15) is 0 Å². The van der Waals surface area contributed by atoms with Crippen molar-refractivity contribution >= 4 is 10.4 Å². The van der Waals surface area contributed by atoms with Crippen LogP contribution in [0.1, 0.15) is 45.6 Å². The van der Waals surface area contributed by atoms with Gasteiger partial charge in [-0.05, 0) is 24.2 Å². The SMILES string of the molecule is CC1(C)C2CCC1(C)C([N+](C)(C)Cc1ccccc1)C2.COS(=O)(=O)[O-]. The molecule has 0 spiro atoms. The van der Waals surface area contributed by atoms with Crippen LogP contribution in [0.15, 0.2) is 30.3 Å². The highest BCUT2D eigenvalue weighted by Gasteiger charge is 2.65. The lowest BCUT2D eigenvalue weighted by molar-refractivity contribution is -0.935. The maximum atomic E-state index is 9.22. The number of nitrogens with zero attached hydrogens (tertiary/aromatic N) is 1. The Morgan fingerprint density at radius 3 is 2.12 bits per heavy atom. The summed E-state index contributed by atoms with van der Waals surface area (Å²) < 4.78 is 32.2. The number of quaternary nitrogens is 1. The molecule has 2 bridgehead atoms. The fourth-order valence-electron chi connectivity index (χ4n) is 5.38. The summed E-state index contributed by atoms with van der Waals surface area (Å²) >= 11 is 0. The van der Waals surface area contributed by atoms with E-state index in [9.17, 15) is 13.0 Å². The third-order valence-corrected chi connectivity index (χ3v) is 7.64. The van der Waals surface area contributed by atoms with E-state index in [1.54, 1.807) is 0 Å². The lowest BCUT2D eigenvalue weighted by atomic mass is 9.68. The molecule has 1 aromatic rings. The molecule has 3 unspecified atom stereocenters. The van der Waals surface area contributed by atoms with E-state index in [2.05, 4.69) is 69.4 Å². The maximum Gasteiger partial charge on any atom is 0.217 e. The molecule has 2 saturated carbocycles.